The second-order valence-electron chi connectivity index (χ2n) is 3.76. The molecule has 1 rings (SSSR count). The second kappa shape index (κ2) is 4.43. The van der Waals surface area contributed by atoms with E-state index >= 15 is 0 Å². The number of carboxylic acid groups (broad SMARTS) is 1. The van der Waals surface area contributed by atoms with Crippen LogP contribution in [-0.2, 0) is 14.8 Å². The number of rotatable bonds is 5. The van der Waals surface area contributed by atoms with Crippen molar-refractivity contribution in [3.05, 3.63) is 11.9 Å². The molecule has 0 aromatic carbocycles. The number of H-pyrrole nitrogens is 1. The Morgan fingerprint density at radius 2 is 2.24 bits per heavy atom. The highest BCUT2D eigenvalue weighted by Crippen LogP contribution is 2.11. The molecule has 0 saturated heterocycles. The number of aliphatic hydroxyl groups is 1. The van der Waals surface area contributed by atoms with Crippen molar-refractivity contribution in [2.24, 2.45) is 0 Å². The summed E-state index contributed by atoms with van der Waals surface area (Å²) in [5.74, 6) is -1.51. The monoisotopic (exact) mass is 263 g/mol. The summed E-state index contributed by atoms with van der Waals surface area (Å²) in [5, 5.41) is 24.0. The quantitative estimate of drug-likeness (QED) is 0.529. The van der Waals surface area contributed by atoms with Crippen LogP contribution in [0.15, 0.2) is 11.1 Å². The normalized spacial score (nSPS) is 15.5. The first kappa shape index (κ1) is 13.6. The van der Waals surface area contributed by atoms with Crippen molar-refractivity contribution in [2.75, 3.05) is 6.54 Å². The summed E-state index contributed by atoms with van der Waals surface area (Å²) in [5.41, 5.74) is -1.84. The zero-order valence-corrected chi connectivity index (χ0v) is 10.1. The van der Waals surface area contributed by atoms with Gasteiger partial charge in [-0.1, -0.05) is 0 Å². The van der Waals surface area contributed by atoms with E-state index in [1.807, 2.05) is 4.72 Å². The molecule has 0 spiro atoms. The number of sulfonamides is 1. The molecule has 1 unspecified atom stereocenters. The second-order valence-corrected chi connectivity index (χ2v) is 5.50. The van der Waals surface area contributed by atoms with E-state index < -0.39 is 28.1 Å². The summed E-state index contributed by atoms with van der Waals surface area (Å²) in [6.07, 6.45) is 1.10. The van der Waals surface area contributed by atoms with Gasteiger partial charge in [0.2, 0.25) is 10.0 Å². The molecule has 0 bridgehead atoms. The number of hydrogen-bond donors (Lipinski definition) is 4. The van der Waals surface area contributed by atoms with Crippen LogP contribution < -0.4 is 4.72 Å². The number of aliphatic carboxylic acids is 1. The maximum atomic E-state index is 11.7. The van der Waals surface area contributed by atoms with Gasteiger partial charge in [-0.2, -0.15) is 5.10 Å². The minimum atomic E-state index is -3.88. The van der Waals surface area contributed by atoms with E-state index in [2.05, 4.69) is 10.2 Å². The SMILES string of the molecule is Cc1[nH]ncc1S(=O)(=O)NCC(C)(O)C(=O)O. The largest absolute Gasteiger partial charge is 0.479 e. The van der Waals surface area contributed by atoms with E-state index in [0.717, 1.165) is 13.1 Å². The first-order valence-electron chi connectivity index (χ1n) is 4.62. The van der Waals surface area contributed by atoms with E-state index in [-0.39, 0.29) is 4.90 Å². The predicted molar refractivity (Wildman–Crippen MR) is 56.8 cm³/mol. The van der Waals surface area contributed by atoms with Gasteiger partial charge in [0.05, 0.1) is 18.4 Å². The van der Waals surface area contributed by atoms with Gasteiger partial charge in [-0.05, 0) is 13.8 Å². The van der Waals surface area contributed by atoms with Gasteiger partial charge in [0.15, 0.2) is 5.60 Å². The van der Waals surface area contributed by atoms with Gasteiger partial charge < -0.3 is 10.2 Å². The molecule has 0 saturated carbocycles. The molecule has 17 heavy (non-hydrogen) atoms. The van der Waals surface area contributed by atoms with Crippen LogP contribution in [0.25, 0.3) is 0 Å². The van der Waals surface area contributed by atoms with Crippen molar-refractivity contribution >= 4 is 16.0 Å². The summed E-state index contributed by atoms with van der Waals surface area (Å²) < 4.78 is 25.4. The van der Waals surface area contributed by atoms with Crippen LogP contribution in [0.3, 0.4) is 0 Å². The number of hydrogen-bond acceptors (Lipinski definition) is 5. The van der Waals surface area contributed by atoms with Crippen molar-refractivity contribution in [1.29, 1.82) is 0 Å². The Labute approximate surface area is 97.7 Å². The van der Waals surface area contributed by atoms with Crippen molar-refractivity contribution in [3.8, 4) is 0 Å². The molecule has 96 valence electrons. The molecule has 4 N–H and O–H groups in total. The zero-order chi connectivity index (χ0) is 13.3. The fourth-order valence-corrected chi connectivity index (χ4v) is 2.27. The lowest BCUT2D eigenvalue weighted by Crippen LogP contribution is -2.46. The Kier molecular flexibility index (Phi) is 3.55. The van der Waals surface area contributed by atoms with Gasteiger partial charge in [0, 0.05) is 0 Å². The third-order valence-electron chi connectivity index (χ3n) is 2.14. The molecular formula is C8H13N3O5S. The van der Waals surface area contributed by atoms with Crippen LogP contribution in [0.5, 0.6) is 0 Å². The minimum absolute atomic E-state index is 0.0845. The van der Waals surface area contributed by atoms with Gasteiger partial charge in [-0.25, -0.2) is 17.9 Å². The molecule has 0 radical (unpaired) electrons. The number of carbonyl (C=O) groups is 1. The van der Waals surface area contributed by atoms with E-state index in [4.69, 9.17) is 5.11 Å². The molecule has 8 nitrogen and oxygen atoms in total. The molecule has 1 aromatic rings. The highest BCUT2D eigenvalue weighted by Gasteiger charge is 2.32. The molecule has 0 amide bonds. The van der Waals surface area contributed by atoms with Gasteiger partial charge in [0.25, 0.3) is 0 Å². The lowest BCUT2D eigenvalue weighted by atomic mass is 10.1. The molecule has 9 heteroatoms. The van der Waals surface area contributed by atoms with Gasteiger partial charge >= 0.3 is 5.97 Å². The smallest absolute Gasteiger partial charge is 0.336 e. The molecule has 0 fully saturated rings. The lowest BCUT2D eigenvalue weighted by Gasteiger charge is -2.18. The van der Waals surface area contributed by atoms with Crippen molar-refractivity contribution in [2.45, 2.75) is 24.3 Å². The highest BCUT2D eigenvalue weighted by atomic mass is 32.2. The van der Waals surface area contributed by atoms with Crippen LogP contribution in [0, 0.1) is 6.92 Å². The third-order valence-corrected chi connectivity index (χ3v) is 3.66. The highest BCUT2D eigenvalue weighted by molar-refractivity contribution is 7.89. The first-order valence-corrected chi connectivity index (χ1v) is 6.10. The summed E-state index contributed by atoms with van der Waals surface area (Å²) in [6, 6.07) is 0. The average Bonchev–Trinajstić information content (AvgIpc) is 2.62. The Hall–Kier alpha value is -1.45. The Morgan fingerprint density at radius 1 is 1.65 bits per heavy atom. The topological polar surface area (TPSA) is 132 Å². The number of aromatic nitrogens is 2. The molecular weight excluding hydrogens is 250 g/mol. The number of aromatic amines is 1. The first-order chi connectivity index (χ1) is 7.67. The van der Waals surface area contributed by atoms with E-state index in [0.29, 0.717) is 5.69 Å². The maximum Gasteiger partial charge on any atom is 0.336 e. The van der Waals surface area contributed by atoms with Crippen LogP contribution in [-0.4, -0.2) is 46.9 Å². The molecule has 1 atom stereocenters. The summed E-state index contributed by atoms with van der Waals surface area (Å²) in [6.45, 7) is 1.88. The number of nitrogens with one attached hydrogen (secondary N) is 2. The molecule has 1 heterocycles. The van der Waals surface area contributed by atoms with Gasteiger partial charge in [-0.15, -0.1) is 0 Å². The third kappa shape index (κ3) is 3.02. The van der Waals surface area contributed by atoms with Crippen LogP contribution in [0.1, 0.15) is 12.6 Å². The van der Waals surface area contributed by atoms with Crippen LogP contribution in [0.4, 0.5) is 0 Å². The molecule has 1 aromatic heterocycles. The van der Waals surface area contributed by atoms with Crippen LogP contribution in [0.2, 0.25) is 0 Å². The number of nitrogens with zero attached hydrogens (tertiary/aromatic N) is 1. The Bertz CT molecular complexity index is 519. The summed E-state index contributed by atoms with van der Waals surface area (Å²) >= 11 is 0. The van der Waals surface area contributed by atoms with E-state index in [1.54, 1.807) is 0 Å². The fourth-order valence-electron chi connectivity index (χ4n) is 0.999. The molecule has 0 aliphatic heterocycles. The standard InChI is InChI=1S/C8H13N3O5S/c1-5-6(3-9-11-5)17(15,16)10-4-8(2,14)7(12)13/h3,10,14H,4H2,1-2H3,(H,9,11)(H,12,13). The number of aryl methyl sites for hydroxylation is 1. The molecule has 0 aliphatic carbocycles. The van der Waals surface area contributed by atoms with Crippen LogP contribution >= 0.6 is 0 Å². The summed E-state index contributed by atoms with van der Waals surface area (Å²) in [7, 11) is -3.88. The average molecular weight is 263 g/mol. The summed E-state index contributed by atoms with van der Waals surface area (Å²) in [4.78, 5) is 10.5. The van der Waals surface area contributed by atoms with E-state index in [1.165, 1.54) is 6.92 Å². The Morgan fingerprint density at radius 3 is 2.65 bits per heavy atom. The zero-order valence-electron chi connectivity index (χ0n) is 9.26. The number of carboxylic acids is 1. The Balaban J connectivity index is 2.83. The van der Waals surface area contributed by atoms with Gasteiger partial charge in [0.1, 0.15) is 4.90 Å². The lowest BCUT2D eigenvalue weighted by molar-refractivity contribution is -0.155. The van der Waals surface area contributed by atoms with Crippen molar-refractivity contribution in [1.82, 2.24) is 14.9 Å². The predicted octanol–water partition coefficient (Wildman–Crippen LogP) is -1.17. The maximum absolute atomic E-state index is 11.7. The molecule has 0 aliphatic rings. The van der Waals surface area contributed by atoms with Gasteiger partial charge in [-0.3, -0.25) is 5.10 Å². The van der Waals surface area contributed by atoms with Crippen molar-refractivity contribution in [3.63, 3.8) is 0 Å². The minimum Gasteiger partial charge on any atom is -0.479 e. The fraction of sp³-hybridized carbons (Fsp3) is 0.500. The van der Waals surface area contributed by atoms with Crippen molar-refractivity contribution < 1.29 is 23.4 Å². The van der Waals surface area contributed by atoms with E-state index in [9.17, 15) is 18.3 Å².